The van der Waals surface area contributed by atoms with Crippen molar-refractivity contribution in [2.75, 3.05) is 13.2 Å². The minimum Gasteiger partial charge on any atom is -0.466 e. The summed E-state index contributed by atoms with van der Waals surface area (Å²) >= 11 is 0. The molecule has 1 rings (SSSR count). The summed E-state index contributed by atoms with van der Waals surface area (Å²) in [6.07, 6.45) is 5.86. The van der Waals surface area contributed by atoms with Crippen LogP contribution < -0.4 is 0 Å². The number of unbranched alkanes of at least 4 members (excludes halogenated alkanes) is 1. The fourth-order valence-electron chi connectivity index (χ4n) is 1.54. The molecule has 1 aliphatic heterocycles. The van der Waals surface area contributed by atoms with E-state index in [1.165, 1.54) is 6.42 Å². The zero-order chi connectivity index (χ0) is 10.2. The van der Waals surface area contributed by atoms with Gasteiger partial charge >= 0.3 is 5.97 Å². The Balaban J connectivity index is 2.06. The Morgan fingerprint density at radius 2 is 2.36 bits per heavy atom. The summed E-state index contributed by atoms with van der Waals surface area (Å²) in [7, 11) is 0. The largest absolute Gasteiger partial charge is 0.466 e. The van der Waals surface area contributed by atoms with E-state index in [2.05, 4.69) is 6.92 Å². The molecule has 1 fully saturated rings. The third kappa shape index (κ3) is 4.61. The van der Waals surface area contributed by atoms with Gasteiger partial charge in [-0.05, 0) is 25.7 Å². The maximum absolute atomic E-state index is 11.3. The van der Waals surface area contributed by atoms with Gasteiger partial charge in [0, 0.05) is 6.61 Å². The molecule has 0 amide bonds. The Labute approximate surface area is 85.8 Å². The predicted octanol–water partition coefficient (Wildman–Crippen LogP) is 2.29. The smallest absolute Gasteiger partial charge is 0.308 e. The van der Waals surface area contributed by atoms with Gasteiger partial charge in [0.15, 0.2) is 0 Å². The van der Waals surface area contributed by atoms with E-state index in [0.29, 0.717) is 13.0 Å². The summed E-state index contributed by atoms with van der Waals surface area (Å²) in [5.41, 5.74) is 0. The van der Waals surface area contributed by atoms with Crippen molar-refractivity contribution in [2.45, 2.75) is 51.6 Å². The van der Waals surface area contributed by atoms with Gasteiger partial charge in [0.05, 0.1) is 19.1 Å². The van der Waals surface area contributed by atoms with E-state index >= 15 is 0 Å². The van der Waals surface area contributed by atoms with Crippen LogP contribution in [0.3, 0.4) is 0 Å². The first-order valence-electron chi connectivity index (χ1n) is 5.60. The molecule has 1 saturated heterocycles. The lowest BCUT2D eigenvalue weighted by Gasteiger charge is -2.21. The van der Waals surface area contributed by atoms with Crippen LogP contribution in [0.4, 0.5) is 0 Å². The van der Waals surface area contributed by atoms with Crippen LogP contribution in [0.25, 0.3) is 0 Å². The Bertz CT molecular complexity index is 162. The van der Waals surface area contributed by atoms with E-state index < -0.39 is 0 Å². The molecule has 1 unspecified atom stereocenters. The molecule has 0 aliphatic carbocycles. The van der Waals surface area contributed by atoms with Gasteiger partial charge in [-0.1, -0.05) is 13.3 Å². The normalized spacial score (nSPS) is 21.9. The molecular weight excluding hydrogens is 180 g/mol. The zero-order valence-corrected chi connectivity index (χ0v) is 8.96. The molecule has 0 spiro atoms. The molecule has 0 N–H and O–H groups in total. The van der Waals surface area contributed by atoms with E-state index in [4.69, 9.17) is 9.47 Å². The van der Waals surface area contributed by atoms with Gasteiger partial charge in [0.1, 0.15) is 0 Å². The highest BCUT2D eigenvalue weighted by molar-refractivity contribution is 5.69. The standard InChI is InChI=1S/C11H20O3/c1-2-3-7-14-11(12)9-10-6-4-5-8-13-10/h10H,2-9H2,1H3. The van der Waals surface area contributed by atoms with E-state index in [0.717, 1.165) is 32.3 Å². The molecule has 0 aromatic carbocycles. The van der Waals surface area contributed by atoms with Crippen molar-refractivity contribution in [1.82, 2.24) is 0 Å². The van der Waals surface area contributed by atoms with E-state index in [1.54, 1.807) is 0 Å². The summed E-state index contributed by atoms with van der Waals surface area (Å²) in [5, 5.41) is 0. The Morgan fingerprint density at radius 1 is 1.50 bits per heavy atom. The Morgan fingerprint density at radius 3 is 3.00 bits per heavy atom. The second kappa shape index (κ2) is 6.82. The van der Waals surface area contributed by atoms with Crippen molar-refractivity contribution in [2.24, 2.45) is 0 Å². The van der Waals surface area contributed by atoms with Crippen molar-refractivity contribution in [1.29, 1.82) is 0 Å². The van der Waals surface area contributed by atoms with Crippen LogP contribution in [-0.2, 0) is 14.3 Å². The van der Waals surface area contributed by atoms with Crippen LogP contribution in [-0.4, -0.2) is 25.3 Å². The second-order valence-electron chi connectivity index (χ2n) is 3.77. The van der Waals surface area contributed by atoms with Gasteiger partial charge in [-0.3, -0.25) is 4.79 Å². The van der Waals surface area contributed by atoms with E-state index in [9.17, 15) is 4.79 Å². The SMILES string of the molecule is CCCCOC(=O)CC1CCCCO1. The first kappa shape index (κ1) is 11.5. The fourth-order valence-corrected chi connectivity index (χ4v) is 1.54. The molecule has 0 saturated carbocycles. The average molecular weight is 200 g/mol. The van der Waals surface area contributed by atoms with Crippen LogP contribution in [0.15, 0.2) is 0 Å². The lowest BCUT2D eigenvalue weighted by molar-refractivity contribution is -0.147. The summed E-state index contributed by atoms with van der Waals surface area (Å²) in [4.78, 5) is 11.3. The molecule has 3 heteroatoms. The van der Waals surface area contributed by atoms with Crippen LogP contribution in [0.5, 0.6) is 0 Å². The molecule has 1 aliphatic rings. The molecule has 1 heterocycles. The highest BCUT2D eigenvalue weighted by Crippen LogP contribution is 2.15. The third-order valence-electron chi connectivity index (χ3n) is 2.43. The van der Waals surface area contributed by atoms with Crippen LogP contribution in [0, 0.1) is 0 Å². The lowest BCUT2D eigenvalue weighted by atomic mass is 10.1. The molecule has 3 nitrogen and oxygen atoms in total. The van der Waals surface area contributed by atoms with Gasteiger partial charge < -0.3 is 9.47 Å². The molecule has 0 bridgehead atoms. The van der Waals surface area contributed by atoms with Gasteiger partial charge in [-0.2, -0.15) is 0 Å². The van der Waals surface area contributed by atoms with E-state index in [-0.39, 0.29) is 12.1 Å². The lowest BCUT2D eigenvalue weighted by Crippen LogP contribution is -2.23. The van der Waals surface area contributed by atoms with Crippen LogP contribution in [0.1, 0.15) is 45.4 Å². The molecule has 14 heavy (non-hydrogen) atoms. The zero-order valence-electron chi connectivity index (χ0n) is 8.96. The predicted molar refractivity (Wildman–Crippen MR) is 54.1 cm³/mol. The number of rotatable bonds is 5. The third-order valence-corrected chi connectivity index (χ3v) is 2.43. The van der Waals surface area contributed by atoms with E-state index in [1.807, 2.05) is 0 Å². The molecular formula is C11H20O3. The number of hydrogen-bond acceptors (Lipinski definition) is 3. The molecule has 0 aromatic heterocycles. The Hall–Kier alpha value is -0.570. The van der Waals surface area contributed by atoms with Crippen molar-refractivity contribution in [3.63, 3.8) is 0 Å². The number of carbonyl (C=O) groups excluding carboxylic acids is 1. The Kier molecular flexibility index (Phi) is 5.60. The topological polar surface area (TPSA) is 35.5 Å². The summed E-state index contributed by atoms with van der Waals surface area (Å²) in [6.45, 7) is 3.44. The summed E-state index contributed by atoms with van der Waals surface area (Å²) < 4.78 is 10.5. The maximum Gasteiger partial charge on any atom is 0.308 e. The number of ether oxygens (including phenoxy) is 2. The quantitative estimate of drug-likeness (QED) is 0.504. The number of hydrogen-bond donors (Lipinski definition) is 0. The number of carbonyl (C=O) groups is 1. The molecule has 0 radical (unpaired) electrons. The van der Waals surface area contributed by atoms with Crippen molar-refractivity contribution >= 4 is 5.97 Å². The highest BCUT2D eigenvalue weighted by Gasteiger charge is 2.18. The van der Waals surface area contributed by atoms with Gasteiger partial charge in [0.2, 0.25) is 0 Å². The maximum atomic E-state index is 11.3. The van der Waals surface area contributed by atoms with Gasteiger partial charge in [0.25, 0.3) is 0 Å². The summed E-state index contributed by atoms with van der Waals surface area (Å²) in [5.74, 6) is -0.106. The van der Waals surface area contributed by atoms with Gasteiger partial charge in [-0.15, -0.1) is 0 Å². The highest BCUT2D eigenvalue weighted by atomic mass is 16.5. The fraction of sp³-hybridized carbons (Fsp3) is 0.909. The number of esters is 1. The molecule has 82 valence electrons. The first-order valence-corrected chi connectivity index (χ1v) is 5.60. The monoisotopic (exact) mass is 200 g/mol. The van der Waals surface area contributed by atoms with Crippen molar-refractivity contribution < 1.29 is 14.3 Å². The minimum absolute atomic E-state index is 0.106. The molecule has 0 aromatic rings. The van der Waals surface area contributed by atoms with Gasteiger partial charge in [-0.25, -0.2) is 0 Å². The average Bonchev–Trinajstić information content (AvgIpc) is 2.20. The van der Waals surface area contributed by atoms with Crippen molar-refractivity contribution in [3.8, 4) is 0 Å². The van der Waals surface area contributed by atoms with Crippen molar-refractivity contribution in [3.05, 3.63) is 0 Å². The minimum atomic E-state index is -0.106. The first-order chi connectivity index (χ1) is 6.83. The van der Waals surface area contributed by atoms with Crippen LogP contribution >= 0.6 is 0 Å². The second-order valence-corrected chi connectivity index (χ2v) is 3.77. The molecule has 1 atom stereocenters. The summed E-state index contributed by atoms with van der Waals surface area (Å²) in [6, 6.07) is 0. The van der Waals surface area contributed by atoms with Crippen LogP contribution in [0.2, 0.25) is 0 Å².